The van der Waals surface area contributed by atoms with Gasteiger partial charge in [0, 0.05) is 19.2 Å². The van der Waals surface area contributed by atoms with Crippen LogP contribution in [0.2, 0.25) is 0 Å². The van der Waals surface area contributed by atoms with Crippen LogP contribution in [0.25, 0.3) is 22.0 Å². The molecule has 0 saturated heterocycles. The van der Waals surface area contributed by atoms with Crippen molar-refractivity contribution in [3.63, 3.8) is 0 Å². The van der Waals surface area contributed by atoms with Crippen molar-refractivity contribution in [2.75, 3.05) is 14.2 Å². The van der Waals surface area contributed by atoms with Crippen molar-refractivity contribution < 1.29 is 14.1 Å². The third kappa shape index (κ3) is 3.72. The molecule has 0 saturated carbocycles. The minimum Gasteiger partial charge on any atom is -0.497 e. The van der Waals surface area contributed by atoms with Gasteiger partial charge < -0.3 is 14.2 Å². The van der Waals surface area contributed by atoms with E-state index in [9.17, 15) is 4.79 Å². The van der Waals surface area contributed by atoms with E-state index >= 15 is 0 Å². The number of carbonyl (C=O) groups is 1. The summed E-state index contributed by atoms with van der Waals surface area (Å²) in [6.07, 6.45) is 0. The van der Waals surface area contributed by atoms with E-state index in [1.807, 2.05) is 60.7 Å². The summed E-state index contributed by atoms with van der Waals surface area (Å²) in [4.78, 5) is 14.9. The summed E-state index contributed by atoms with van der Waals surface area (Å²) in [5.74, 6) is 1.23. The number of aromatic nitrogens is 1. The predicted molar refractivity (Wildman–Crippen MR) is 113 cm³/mol. The molecule has 0 aliphatic rings. The molecule has 3 aromatic carbocycles. The SMILES string of the molecule is COc1ccc2cc(CN(C)C(=O)c3c(-c4ccccc4)noc3C)ccc2c1. The van der Waals surface area contributed by atoms with Gasteiger partial charge in [0.15, 0.2) is 0 Å². The fourth-order valence-corrected chi connectivity index (χ4v) is 3.45. The number of rotatable bonds is 5. The average molecular weight is 386 g/mol. The number of hydrogen-bond acceptors (Lipinski definition) is 4. The molecule has 4 aromatic rings. The second kappa shape index (κ2) is 7.80. The maximum Gasteiger partial charge on any atom is 0.259 e. The monoisotopic (exact) mass is 386 g/mol. The molecule has 5 heteroatoms. The third-order valence-electron chi connectivity index (χ3n) is 5.00. The van der Waals surface area contributed by atoms with Crippen molar-refractivity contribution in [3.05, 3.63) is 83.6 Å². The number of nitrogens with zero attached hydrogens (tertiary/aromatic N) is 2. The molecule has 0 unspecified atom stereocenters. The lowest BCUT2D eigenvalue weighted by Crippen LogP contribution is -2.27. The van der Waals surface area contributed by atoms with Gasteiger partial charge in [-0.3, -0.25) is 4.79 Å². The zero-order valence-corrected chi connectivity index (χ0v) is 16.7. The topological polar surface area (TPSA) is 55.6 Å². The molecule has 146 valence electrons. The van der Waals surface area contributed by atoms with Gasteiger partial charge in [-0.25, -0.2) is 0 Å². The molecule has 1 amide bonds. The molecule has 0 aliphatic heterocycles. The minimum absolute atomic E-state index is 0.113. The number of ether oxygens (including phenoxy) is 1. The smallest absolute Gasteiger partial charge is 0.259 e. The molecule has 0 atom stereocenters. The van der Waals surface area contributed by atoms with Crippen LogP contribution < -0.4 is 4.74 Å². The van der Waals surface area contributed by atoms with Crippen LogP contribution in [-0.2, 0) is 6.54 Å². The zero-order chi connectivity index (χ0) is 20.4. The Morgan fingerprint density at radius 3 is 2.52 bits per heavy atom. The Balaban J connectivity index is 1.59. The van der Waals surface area contributed by atoms with Gasteiger partial charge in [0.1, 0.15) is 22.8 Å². The average Bonchev–Trinajstić information content (AvgIpc) is 3.14. The van der Waals surface area contributed by atoms with Gasteiger partial charge in [-0.05, 0) is 41.5 Å². The lowest BCUT2D eigenvalue weighted by Gasteiger charge is -2.18. The lowest BCUT2D eigenvalue weighted by molar-refractivity contribution is 0.0784. The second-order valence-electron chi connectivity index (χ2n) is 7.04. The van der Waals surface area contributed by atoms with E-state index in [2.05, 4.69) is 11.2 Å². The first-order chi connectivity index (χ1) is 14.1. The largest absolute Gasteiger partial charge is 0.497 e. The molecule has 0 bridgehead atoms. The fourth-order valence-electron chi connectivity index (χ4n) is 3.45. The molecular formula is C24H22N2O3. The number of hydrogen-bond donors (Lipinski definition) is 0. The summed E-state index contributed by atoms with van der Waals surface area (Å²) in [6, 6.07) is 21.7. The molecule has 0 radical (unpaired) electrons. The van der Waals surface area contributed by atoms with E-state index < -0.39 is 0 Å². The second-order valence-corrected chi connectivity index (χ2v) is 7.04. The van der Waals surface area contributed by atoms with Gasteiger partial charge in [0.25, 0.3) is 5.91 Å². The first-order valence-corrected chi connectivity index (χ1v) is 9.40. The Morgan fingerprint density at radius 1 is 1.03 bits per heavy atom. The zero-order valence-electron chi connectivity index (χ0n) is 16.7. The number of benzene rings is 3. The number of carbonyl (C=O) groups excluding carboxylic acids is 1. The van der Waals surface area contributed by atoms with Crippen LogP contribution in [0.15, 0.2) is 71.3 Å². The van der Waals surface area contributed by atoms with Gasteiger partial charge in [-0.15, -0.1) is 0 Å². The van der Waals surface area contributed by atoms with Gasteiger partial charge in [-0.1, -0.05) is 53.7 Å². The van der Waals surface area contributed by atoms with Crippen molar-refractivity contribution in [1.29, 1.82) is 0 Å². The van der Waals surface area contributed by atoms with Crippen molar-refractivity contribution in [2.45, 2.75) is 13.5 Å². The van der Waals surface area contributed by atoms with E-state index in [1.165, 1.54) is 0 Å². The van der Waals surface area contributed by atoms with Gasteiger partial charge in [0.2, 0.25) is 0 Å². The highest BCUT2D eigenvalue weighted by atomic mass is 16.5. The van der Waals surface area contributed by atoms with Gasteiger partial charge in [0.05, 0.1) is 7.11 Å². The summed E-state index contributed by atoms with van der Waals surface area (Å²) in [6.45, 7) is 2.25. The van der Waals surface area contributed by atoms with E-state index in [0.717, 1.165) is 27.6 Å². The Morgan fingerprint density at radius 2 is 1.76 bits per heavy atom. The quantitative estimate of drug-likeness (QED) is 0.480. The maximum absolute atomic E-state index is 13.2. The molecule has 0 fully saturated rings. The number of methoxy groups -OCH3 is 1. The molecule has 4 rings (SSSR count). The number of aryl methyl sites for hydroxylation is 1. The van der Waals surface area contributed by atoms with Crippen molar-refractivity contribution in [3.8, 4) is 17.0 Å². The summed E-state index contributed by atoms with van der Waals surface area (Å²) in [5, 5.41) is 6.33. The number of fused-ring (bicyclic) bond motifs is 1. The molecule has 1 aromatic heterocycles. The standard InChI is InChI=1S/C24H22N2O3/c1-16-22(23(25-29-16)18-7-5-4-6-8-18)24(27)26(2)15-17-9-10-20-14-21(28-3)12-11-19(20)13-17/h4-14H,15H2,1-3H3. The highest BCUT2D eigenvalue weighted by Crippen LogP contribution is 2.27. The van der Waals surface area contributed by atoms with E-state index in [-0.39, 0.29) is 5.91 Å². The van der Waals surface area contributed by atoms with E-state index in [4.69, 9.17) is 9.26 Å². The fraction of sp³-hybridized carbons (Fsp3) is 0.167. The molecule has 0 N–H and O–H groups in total. The molecule has 5 nitrogen and oxygen atoms in total. The van der Waals surface area contributed by atoms with E-state index in [0.29, 0.717) is 23.6 Å². The van der Waals surface area contributed by atoms with E-state index in [1.54, 1.807) is 26.0 Å². The Labute approximate surface area is 169 Å². The summed E-state index contributed by atoms with van der Waals surface area (Å²) < 4.78 is 10.6. The highest BCUT2D eigenvalue weighted by Gasteiger charge is 2.24. The van der Waals surface area contributed by atoms with Gasteiger partial charge >= 0.3 is 0 Å². The normalized spacial score (nSPS) is 10.9. The van der Waals surface area contributed by atoms with Crippen molar-refractivity contribution in [1.82, 2.24) is 10.1 Å². The van der Waals surface area contributed by atoms with Crippen LogP contribution in [-0.4, -0.2) is 30.1 Å². The van der Waals surface area contributed by atoms with Crippen LogP contribution in [0.3, 0.4) is 0 Å². The van der Waals surface area contributed by atoms with Crippen molar-refractivity contribution >= 4 is 16.7 Å². The first-order valence-electron chi connectivity index (χ1n) is 9.40. The van der Waals surface area contributed by atoms with Crippen molar-refractivity contribution in [2.24, 2.45) is 0 Å². The van der Waals surface area contributed by atoms with Crippen LogP contribution in [0.5, 0.6) is 5.75 Å². The maximum atomic E-state index is 13.2. The summed E-state index contributed by atoms with van der Waals surface area (Å²) >= 11 is 0. The third-order valence-corrected chi connectivity index (χ3v) is 5.00. The molecule has 29 heavy (non-hydrogen) atoms. The molecule has 1 heterocycles. The molecule has 0 spiro atoms. The molecule has 0 aliphatic carbocycles. The Bertz CT molecular complexity index is 1170. The molecular weight excluding hydrogens is 364 g/mol. The summed E-state index contributed by atoms with van der Waals surface area (Å²) in [7, 11) is 3.45. The number of amides is 1. The highest BCUT2D eigenvalue weighted by molar-refractivity contribution is 6.00. The summed E-state index contributed by atoms with van der Waals surface area (Å²) in [5.41, 5.74) is 2.99. The first kappa shape index (κ1) is 18.7. The Kier molecular flexibility index (Phi) is 5.04. The van der Waals surface area contributed by atoms with Crippen LogP contribution in [0, 0.1) is 6.92 Å². The minimum atomic E-state index is -0.113. The van der Waals surface area contributed by atoms with Crippen LogP contribution >= 0.6 is 0 Å². The lowest BCUT2D eigenvalue weighted by atomic mass is 10.0. The van der Waals surface area contributed by atoms with Gasteiger partial charge in [-0.2, -0.15) is 0 Å². The Hall–Kier alpha value is -3.60. The van der Waals surface area contributed by atoms with Crippen LogP contribution in [0.1, 0.15) is 21.7 Å². The predicted octanol–water partition coefficient (Wildman–Crippen LogP) is 5.08. The van der Waals surface area contributed by atoms with Crippen LogP contribution in [0.4, 0.5) is 0 Å².